The highest BCUT2D eigenvalue weighted by Crippen LogP contribution is 2.14. The fraction of sp³-hybridized carbons (Fsp3) is 0. The standard InChI is InChI=1S/C11H8FN3O2/c12-9-1-2-10(7(3-9)6-16)15-5-8(4-14-15)11(13)17/h1-6H,(H2,13,17). The largest absolute Gasteiger partial charge is 0.366 e. The summed E-state index contributed by atoms with van der Waals surface area (Å²) in [5, 5.41) is 3.88. The lowest BCUT2D eigenvalue weighted by molar-refractivity contribution is 0.1000. The van der Waals surface area contributed by atoms with Gasteiger partial charge in [0.25, 0.3) is 5.91 Å². The van der Waals surface area contributed by atoms with Crippen LogP contribution in [-0.2, 0) is 0 Å². The highest BCUT2D eigenvalue weighted by Gasteiger charge is 2.09. The van der Waals surface area contributed by atoms with Crippen LogP contribution in [0.25, 0.3) is 5.69 Å². The normalized spacial score (nSPS) is 10.2. The average Bonchev–Trinajstić information content (AvgIpc) is 2.78. The molecule has 0 unspecified atom stereocenters. The van der Waals surface area contributed by atoms with Crippen LogP contribution in [0, 0.1) is 5.82 Å². The molecule has 0 atom stereocenters. The number of amides is 1. The van der Waals surface area contributed by atoms with Crippen molar-refractivity contribution in [2.45, 2.75) is 0 Å². The van der Waals surface area contributed by atoms with Crippen molar-refractivity contribution >= 4 is 12.2 Å². The molecule has 2 N–H and O–H groups in total. The van der Waals surface area contributed by atoms with Crippen LogP contribution < -0.4 is 5.73 Å². The zero-order valence-electron chi connectivity index (χ0n) is 8.63. The third-order valence-electron chi connectivity index (χ3n) is 2.23. The number of aromatic nitrogens is 2. The number of hydrogen-bond donors (Lipinski definition) is 1. The number of rotatable bonds is 3. The number of benzene rings is 1. The summed E-state index contributed by atoms with van der Waals surface area (Å²) in [5.41, 5.74) is 5.82. The molecule has 1 amide bonds. The molecule has 2 aromatic rings. The van der Waals surface area contributed by atoms with Gasteiger partial charge >= 0.3 is 0 Å². The van der Waals surface area contributed by atoms with Gasteiger partial charge in [0.15, 0.2) is 6.29 Å². The summed E-state index contributed by atoms with van der Waals surface area (Å²) in [6, 6.07) is 3.69. The van der Waals surface area contributed by atoms with Crippen LogP contribution in [0.1, 0.15) is 20.7 Å². The number of aldehydes is 1. The van der Waals surface area contributed by atoms with Crippen molar-refractivity contribution in [3.63, 3.8) is 0 Å². The Balaban J connectivity index is 2.52. The molecular formula is C11H8FN3O2. The van der Waals surface area contributed by atoms with E-state index in [0.29, 0.717) is 12.0 Å². The molecule has 1 aromatic carbocycles. The van der Waals surface area contributed by atoms with Crippen LogP contribution in [0.15, 0.2) is 30.6 Å². The van der Waals surface area contributed by atoms with Gasteiger partial charge in [0, 0.05) is 11.8 Å². The number of hydrogen-bond acceptors (Lipinski definition) is 3. The molecule has 0 aliphatic heterocycles. The molecule has 0 spiro atoms. The Hall–Kier alpha value is -2.50. The molecular weight excluding hydrogens is 225 g/mol. The minimum Gasteiger partial charge on any atom is -0.366 e. The fourth-order valence-electron chi connectivity index (χ4n) is 1.41. The maximum atomic E-state index is 12.9. The maximum absolute atomic E-state index is 12.9. The zero-order chi connectivity index (χ0) is 12.4. The summed E-state index contributed by atoms with van der Waals surface area (Å²) in [6.07, 6.45) is 3.17. The predicted molar refractivity (Wildman–Crippen MR) is 57.4 cm³/mol. The van der Waals surface area contributed by atoms with E-state index in [1.165, 1.54) is 29.2 Å². The molecule has 0 aliphatic carbocycles. The second-order valence-corrected chi connectivity index (χ2v) is 3.36. The van der Waals surface area contributed by atoms with Gasteiger partial charge in [0.2, 0.25) is 0 Å². The van der Waals surface area contributed by atoms with Gasteiger partial charge in [0.1, 0.15) is 5.82 Å². The first-order valence-electron chi connectivity index (χ1n) is 4.71. The van der Waals surface area contributed by atoms with Gasteiger partial charge in [-0.1, -0.05) is 0 Å². The predicted octanol–water partition coefficient (Wildman–Crippen LogP) is 0.923. The average molecular weight is 233 g/mol. The molecule has 6 heteroatoms. The van der Waals surface area contributed by atoms with Crippen LogP contribution in [0.2, 0.25) is 0 Å². The molecule has 0 aliphatic rings. The molecule has 5 nitrogen and oxygen atoms in total. The minimum absolute atomic E-state index is 0.143. The third kappa shape index (κ3) is 2.05. The van der Waals surface area contributed by atoms with E-state index in [1.807, 2.05) is 0 Å². The van der Waals surface area contributed by atoms with E-state index in [9.17, 15) is 14.0 Å². The number of halogens is 1. The van der Waals surface area contributed by atoms with E-state index >= 15 is 0 Å². The molecule has 2 rings (SSSR count). The van der Waals surface area contributed by atoms with Gasteiger partial charge in [0.05, 0.1) is 17.4 Å². The summed E-state index contributed by atoms with van der Waals surface area (Å²) in [6.45, 7) is 0. The van der Waals surface area contributed by atoms with Gasteiger partial charge in [-0.3, -0.25) is 9.59 Å². The molecule has 17 heavy (non-hydrogen) atoms. The summed E-state index contributed by atoms with van der Waals surface area (Å²) < 4.78 is 14.2. The van der Waals surface area contributed by atoms with Crippen molar-refractivity contribution < 1.29 is 14.0 Å². The lowest BCUT2D eigenvalue weighted by Gasteiger charge is -2.04. The number of carbonyl (C=O) groups excluding carboxylic acids is 2. The van der Waals surface area contributed by atoms with Crippen molar-refractivity contribution in [3.8, 4) is 5.69 Å². The Labute approximate surface area is 95.7 Å². The van der Waals surface area contributed by atoms with Crippen molar-refractivity contribution in [3.05, 3.63) is 47.5 Å². The zero-order valence-corrected chi connectivity index (χ0v) is 8.63. The Bertz CT molecular complexity index is 592. The van der Waals surface area contributed by atoms with Crippen LogP contribution in [0.5, 0.6) is 0 Å². The summed E-state index contributed by atoms with van der Waals surface area (Å²) in [5.74, 6) is -1.14. The van der Waals surface area contributed by atoms with E-state index in [0.717, 1.165) is 6.07 Å². The molecule has 1 aromatic heterocycles. The molecule has 0 saturated heterocycles. The van der Waals surface area contributed by atoms with Crippen LogP contribution in [0.4, 0.5) is 4.39 Å². The summed E-state index contributed by atoms with van der Waals surface area (Å²) in [4.78, 5) is 21.7. The van der Waals surface area contributed by atoms with E-state index < -0.39 is 11.7 Å². The Morgan fingerprint density at radius 3 is 2.82 bits per heavy atom. The van der Waals surface area contributed by atoms with Gasteiger partial charge in [-0.25, -0.2) is 9.07 Å². The first-order chi connectivity index (χ1) is 8.11. The number of carbonyl (C=O) groups is 2. The minimum atomic E-state index is -0.619. The van der Waals surface area contributed by atoms with E-state index in [4.69, 9.17) is 5.73 Å². The van der Waals surface area contributed by atoms with E-state index in [1.54, 1.807) is 0 Å². The third-order valence-corrected chi connectivity index (χ3v) is 2.23. The quantitative estimate of drug-likeness (QED) is 0.801. The second kappa shape index (κ2) is 4.17. The Kier molecular flexibility index (Phi) is 2.70. The summed E-state index contributed by atoms with van der Waals surface area (Å²) in [7, 11) is 0. The SMILES string of the molecule is NC(=O)c1cnn(-c2ccc(F)cc2C=O)c1. The molecule has 0 bridgehead atoms. The van der Waals surface area contributed by atoms with Gasteiger partial charge < -0.3 is 5.73 Å². The second-order valence-electron chi connectivity index (χ2n) is 3.36. The molecule has 86 valence electrons. The number of nitrogens with two attached hydrogens (primary N) is 1. The monoisotopic (exact) mass is 233 g/mol. The van der Waals surface area contributed by atoms with Crippen molar-refractivity contribution in [2.75, 3.05) is 0 Å². The van der Waals surface area contributed by atoms with Gasteiger partial charge in [-0.05, 0) is 18.2 Å². The van der Waals surface area contributed by atoms with E-state index in [2.05, 4.69) is 5.10 Å². The van der Waals surface area contributed by atoms with Crippen LogP contribution in [-0.4, -0.2) is 22.0 Å². The number of primary amides is 1. The van der Waals surface area contributed by atoms with Gasteiger partial charge in [-0.2, -0.15) is 5.10 Å². The first kappa shape index (κ1) is 11.0. The molecule has 0 radical (unpaired) electrons. The smallest absolute Gasteiger partial charge is 0.251 e. The lowest BCUT2D eigenvalue weighted by Crippen LogP contribution is -2.09. The van der Waals surface area contributed by atoms with Crippen molar-refractivity contribution in [1.82, 2.24) is 9.78 Å². The Morgan fingerprint density at radius 1 is 1.47 bits per heavy atom. The lowest BCUT2D eigenvalue weighted by atomic mass is 10.2. The molecule has 1 heterocycles. The van der Waals surface area contributed by atoms with Crippen LogP contribution in [0.3, 0.4) is 0 Å². The highest BCUT2D eigenvalue weighted by atomic mass is 19.1. The first-order valence-corrected chi connectivity index (χ1v) is 4.71. The highest BCUT2D eigenvalue weighted by molar-refractivity contribution is 5.92. The summed E-state index contributed by atoms with van der Waals surface area (Å²) >= 11 is 0. The molecule has 0 fully saturated rings. The Morgan fingerprint density at radius 2 is 2.24 bits per heavy atom. The molecule has 0 saturated carbocycles. The fourth-order valence-corrected chi connectivity index (χ4v) is 1.41. The van der Waals surface area contributed by atoms with Crippen molar-refractivity contribution in [1.29, 1.82) is 0 Å². The maximum Gasteiger partial charge on any atom is 0.251 e. The van der Waals surface area contributed by atoms with Gasteiger partial charge in [-0.15, -0.1) is 0 Å². The van der Waals surface area contributed by atoms with Crippen molar-refractivity contribution in [2.24, 2.45) is 5.73 Å². The topological polar surface area (TPSA) is 78.0 Å². The van der Waals surface area contributed by atoms with Crippen LogP contribution >= 0.6 is 0 Å². The number of nitrogens with zero attached hydrogens (tertiary/aromatic N) is 2. The van der Waals surface area contributed by atoms with E-state index in [-0.39, 0.29) is 11.1 Å².